The first-order valence-electron chi connectivity index (χ1n) is 3.80. The molecule has 0 aliphatic rings. The molecule has 0 atom stereocenters. The fraction of sp³-hybridized carbons (Fsp3) is 0. The fourth-order valence-electron chi connectivity index (χ4n) is 0.980. The Morgan fingerprint density at radius 1 is 1.57 bits per heavy atom. The van der Waals surface area contributed by atoms with Crippen LogP contribution in [0.2, 0.25) is 0 Å². The molecule has 0 bridgehead atoms. The fourth-order valence-corrected chi connectivity index (χ4v) is 0.980. The zero-order chi connectivity index (χ0) is 10.6. The number of amides is 1. The Bertz CT molecular complexity index is 419. The molecule has 0 aromatic heterocycles. The maximum atomic E-state index is 10.5. The molecule has 0 spiro atoms. The number of benzene rings is 1. The summed E-state index contributed by atoms with van der Waals surface area (Å²) < 4.78 is 4.64. The van der Waals surface area contributed by atoms with Gasteiger partial charge in [0.1, 0.15) is 5.75 Å². The lowest BCUT2D eigenvalue weighted by Gasteiger charge is -2.02. The third-order valence-electron chi connectivity index (χ3n) is 1.51. The van der Waals surface area contributed by atoms with Gasteiger partial charge in [-0.2, -0.15) is 5.26 Å². The molecule has 1 rings (SSSR count). The average Bonchev–Trinajstić information content (AvgIpc) is 2.16. The number of primary amides is 1. The molecule has 0 radical (unpaired) electrons. The zero-order valence-corrected chi connectivity index (χ0v) is 7.36. The van der Waals surface area contributed by atoms with E-state index in [4.69, 9.17) is 11.0 Å². The van der Waals surface area contributed by atoms with E-state index in [-0.39, 0.29) is 5.75 Å². The van der Waals surface area contributed by atoms with Gasteiger partial charge in [0.15, 0.2) is 0 Å². The molecule has 0 saturated carbocycles. The van der Waals surface area contributed by atoms with Gasteiger partial charge in [-0.25, -0.2) is 4.79 Å². The van der Waals surface area contributed by atoms with Gasteiger partial charge in [0.2, 0.25) is 0 Å². The van der Waals surface area contributed by atoms with Gasteiger partial charge in [0, 0.05) is 0 Å². The van der Waals surface area contributed by atoms with Crippen molar-refractivity contribution in [2.45, 2.75) is 0 Å². The standard InChI is InChI=1S/C10H8N2O2/c1-2-7-3-8(6-11)5-9(4-7)14-10(12)13/h2-5H,1H2,(H2,12,13). The van der Waals surface area contributed by atoms with Crippen LogP contribution in [0.3, 0.4) is 0 Å². The predicted molar refractivity (Wildman–Crippen MR) is 51.5 cm³/mol. The summed E-state index contributed by atoms with van der Waals surface area (Å²) in [4.78, 5) is 10.5. The lowest BCUT2D eigenvalue weighted by molar-refractivity contribution is 0.211. The highest BCUT2D eigenvalue weighted by atomic mass is 16.5. The SMILES string of the molecule is C=Cc1cc(C#N)cc(OC(N)=O)c1. The van der Waals surface area contributed by atoms with Crippen LogP contribution in [-0.2, 0) is 0 Å². The first-order valence-corrected chi connectivity index (χ1v) is 3.80. The molecule has 0 heterocycles. The largest absolute Gasteiger partial charge is 0.410 e. The van der Waals surface area contributed by atoms with Crippen LogP contribution in [0.5, 0.6) is 5.75 Å². The highest BCUT2D eigenvalue weighted by Crippen LogP contribution is 2.17. The number of nitriles is 1. The summed E-state index contributed by atoms with van der Waals surface area (Å²) in [6.07, 6.45) is 0.643. The number of nitrogens with two attached hydrogens (primary N) is 1. The molecule has 0 aliphatic carbocycles. The van der Waals surface area contributed by atoms with E-state index < -0.39 is 6.09 Å². The van der Waals surface area contributed by atoms with E-state index in [0.29, 0.717) is 11.1 Å². The average molecular weight is 188 g/mol. The summed E-state index contributed by atoms with van der Waals surface area (Å²) in [5.41, 5.74) is 5.92. The molecule has 4 heteroatoms. The van der Waals surface area contributed by atoms with E-state index in [1.54, 1.807) is 18.2 Å². The number of hydrogen-bond donors (Lipinski definition) is 1. The third-order valence-corrected chi connectivity index (χ3v) is 1.51. The van der Waals surface area contributed by atoms with Crippen LogP contribution in [0, 0.1) is 11.3 Å². The van der Waals surface area contributed by atoms with Gasteiger partial charge >= 0.3 is 6.09 Å². The molecule has 1 aromatic carbocycles. The number of carbonyl (C=O) groups excluding carboxylic acids is 1. The number of ether oxygens (including phenoxy) is 1. The van der Waals surface area contributed by atoms with Crippen molar-refractivity contribution in [2.24, 2.45) is 5.73 Å². The number of rotatable bonds is 2. The zero-order valence-electron chi connectivity index (χ0n) is 7.36. The predicted octanol–water partition coefficient (Wildman–Crippen LogP) is 1.66. The van der Waals surface area contributed by atoms with Crippen LogP contribution in [-0.4, -0.2) is 6.09 Å². The topological polar surface area (TPSA) is 76.1 Å². The van der Waals surface area contributed by atoms with Gasteiger partial charge in [0.25, 0.3) is 0 Å². The molecular weight excluding hydrogens is 180 g/mol. The first-order chi connectivity index (χ1) is 6.65. The minimum Gasteiger partial charge on any atom is -0.410 e. The van der Waals surface area contributed by atoms with E-state index in [1.165, 1.54) is 6.07 Å². The minimum absolute atomic E-state index is 0.242. The monoisotopic (exact) mass is 188 g/mol. The van der Waals surface area contributed by atoms with Gasteiger partial charge in [0.05, 0.1) is 11.6 Å². The van der Waals surface area contributed by atoms with Crippen LogP contribution in [0.4, 0.5) is 4.79 Å². The maximum absolute atomic E-state index is 10.5. The lowest BCUT2D eigenvalue weighted by Crippen LogP contribution is -2.16. The molecule has 0 aliphatic heterocycles. The van der Waals surface area contributed by atoms with Crippen LogP contribution in [0.15, 0.2) is 24.8 Å². The van der Waals surface area contributed by atoms with Crippen LogP contribution in [0.1, 0.15) is 11.1 Å². The smallest absolute Gasteiger partial charge is 0.409 e. The Kier molecular flexibility index (Phi) is 2.87. The molecule has 2 N–H and O–H groups in total. The van der Waals surface area contributed by atoms with Gasteiger partial charge < -0.3 is 10.5 Å². The Morgan fingerprint density at radius 2 is 2.29 bits per heavy atom. The summed E-state index contributed by atoms with van der Waals surface area (Å²) in [5.74, 6) is 0.242. The molecule has 1 aromatic rings. The van der Waals surface area contributed by atoms with E-state index in [2.05, 4.69) is 11.3 Å². The van der Waals surface area contributed by atoms with Crippen molar-refractivity contribution in [3.05, 3.63) is 35.9 Å². The van der Waals surface area contributed by atoms with Gasteiger partial charge in [-0.3, -0.25) is 0 Å². The van der Waals surface area contributed by atoms with Crippen molar-refractivity contribution in [1.82, 2.24) is 0 Å². The molecule has 0 fully saturated rings. The van der Waals surface area contributed by atoms with Gasteiger partial charge in [-0.15, -0.1) is 0 Å². The molecule has 1 amide bonds. The Balaban J connectivity index is 3.12. The van der Waals surface area contributed by atoms with E-state index in [1.807, 2.05) is 6.07 Å². The molecule has 0 unspecified atom stereocenters. The van der Waals surface area contributed by atoms with Crippen LogP contribution < -0.4 is 10.5 Å². The van der Waals surface area contributed by atoms with E-state index in [9.17, 15) is 4.79 Å². The van der Waals surface area contributed by atoms with Crippen molar-refractivity contribution < 1.29 is 9.53 Å². The number of carbonyl (C=O) groups is 1. The number of nitrogens with zero attached hydrogens (tertiary/aromatic N) is 1. The summed E-state index contributed by atoms with van der Waals surface area (Å²) in [5, 5.41) is 8.66. The second-order valence-corrected chi connectivity index (χ2v) is 2.53. The maximum Gasteiger partial charge on any atom is 0.409 e. The Labute approximate surface area is 81.2 Å². The van der Waals surface area contributed by atoms with Crippen molar-refractivity contribution in [3.8, 4) is 11.8 Å². The second-order valence-electron chi connectivity index (χ2n) is 2.53. The molecule has 14 heavy (non-hydrogen) atoms. The summed E-state index contributed by atoms with van der Waals surface area (Å²) in [6, 6.07) is 6.56. The summed E-state index contributed by atoms with van der Waals surface area (Å²) in [7, 11) is 0. The van der Waals surface area contributed by atoms with Crippen LogP contribution in [0.25, 0.3) is 6.08 Å². The highest BCUT2D eigenvalue weighted by Gasteiger charge is 2.02. The normalized spacial score (nSPS) is 8.79. The molecular formula is C10H8N2O2. The Morgan fingerprint density at radius 3 is 2.79 bits per heavy atom. The molecule has 4 nitrogen and oxygen atoms in total. The molecule has 0 saturated heterocycles. The quantitative estimate of drug-likeness (QED) is 0.766. The minimum atomic E-state index is -0.907. The highest BCUT2D eigenvalue weighted by molar-refractivity contribution is 5.69. The second kappa shape index (κ2) is 4.10. The van der Waals surface area contributed by atoms with Crippen molar-refractivity contribution in [2.75, 3.05) is 0 Å². The third kappa shape index (κ3) is 2.35. The van der Waals surface area contributed by atoms with E-state index >= 15 is 0 Å². The lowest BCUT2D eigenvalue weighted by atomic mass is 10.1. The van der Waals surface area contributed by atoms with Crippen molar-refractivity contribution in [3.63, 3.8) is 0 Å². The van der Waals surface area contributed by atoms with Crippen LogP contribution >= 0.6 is 0 Å². The first kappa shape index (κ1) is 9.81. The number of hydrogen-bond acceptors (Lipinski definition) is 3. The van der Waals surface area contributed by atoms with Gasteiger partial charge in [-0.05, 0) is 23.8 Å². The van der Waals surface area contributed by atoms with Crippen molar-refractivity contribution in [1.29, 1.82) is 5.26 Å². The van der Waals surface area contributed by atoms with Crippen molar-refractivity contribution >= 4 is 12.2 Å². The molecule has 70 valence electrons. The van der Waals surface area contributed by atoms with Gasteiger partial charge in [-0.1, -0.05) is 12.7 Å². The summed E-state index contributed by atoms with van der Waals surface area (Å²) >= 11 is 0. The van der Waals surface area contributed by atoms with E-state index in [0.717, 1.165) is 0 Å². The summed E-state index contributed by atoms with van der Waals surface area (Å²) in [6.45, 7) is 3.55. The Hall–Kier alpha value is -2.28.